The van der Waals surface area contributed by atoms with E-state index in [4.69, 9.17) is 9.47 Å². The fraction of sp³-hybridized carbons (Fsp3) is 0.636. The van der Waals surface area contributed by atoms with Crippen LogP contribution < -0.4 is 4.74 Å². The van der Waals surface area contributed by atoms with Gasteiger partial charge < -0.3 is 14.6 Å². The molecule has 1 aliphatic rings. The third-order valence-electron chi connectivity index (χ3n) is 2.78. The molecule has 1 aliphatic heterocycles. The Morgan fingerprint density at radius 3 is 2.81 bits per heavy atom. The number of methoxy groups -OCH3 is 1. The summed E-state index contributed by atoms with van der Waals surface area (Å²) in [5, 5.41) is 10.1. The Labute approximate surface area is 94.4 Å². The molecule has 5 heteroatoms. The number of rotatable bonds is 3. The minimum atomic E-state index is -0.770. The molecule has 0 spiro atoms. The largest absolute Gasteiger partial charge is 0.480 e. The highest BCUT2D eigenvalue weighted by atomic mass is 16.5. The molecule has 1 aromatic heterocycles. The van der Waals surface area contributed by atoms with Gasteiger partial charge in [-0.2, -0.15) is 0 Å². The van der Waals surface area contributed by atoms with Gasteiger partial charge in [-0.15, -0.1) is 0 Å². The van der Waals surface area contributed by atoms with Gasteiger partial charge in [0.05, 0.1) is 19.3 Å². The van der Waals surface area contributed by atoms with E-state index in [0.29, 0.717) is 11.6 Å². The Morgan fingerprint density at radius 2 is 2.19 bits per heavy atom. The summed E-state index contributed by atoms with van der Waals surface area (Å²) in [4.78, 5) is 8.11. The van der Waals surface area contributed by atoms with E-state index in [0.717, 1.165) is 12.8 Å². The van der Waals surface area contributed by atoms with E-state index in [1.807, 2.05) is 6.92 Å². The maximum atomic E-state index is 10.1. The Balaban J connectivity index is 2.16. The summed E-state index contributed by atoms with van der Waals surface area (Å²) < 4.78 is 10.7. The fourth-order valence-corrected chi connectivity index (χ4v) is 1.94. The molecular formula is C11H16N2O3. The minimum Gasteiger partial charge on any atom is -0.480 e. The van der Waals surface area contributed by atoms with Crippen molar-refractivity contribution >= 4 is 0 Å². The van der Waals surface area contributed by atoms with Crippen molar-refractivity contribution in [3.8, 4) is 5.88 Å². The molecule has 5 nitrogen and oxygen atoms in total. The summed E-state index contributed by atoms with van der Waals surface area (Å²) in [6, 6.07) is 0. The van der Waals surface area contributed by atoms with Gasteiger partial charge in [-0.1, -0.05) is 0 Å². The standard InChI is InChI=1S/C11H16N2O3/c1-7-3-4-8(16-7)10(14)9-11(15-2)13-6-5-12-9/h5-8,10,14H,3-4H2,1-2H3. The predicted octanol–water partition coefficient (Wildman–Crippen LogP) is 1.09. The zero-order valence-electron chi connectivity index (χ0n) is 9.46. The van der Waals surface area contributed by atoms with Gasteiger partial charge >= 0.3 is 0 Å². The van der Waals surface area contributed by atoms with E-state index in [1.165, 1.54) is 13.3 Å². The first kappa shape index (κ1) is 11.3. The quantitative estimate of drug-likeness (QED) is 0.832. The number of hydrogen-bond donors (Lipinski definition) is 1. The molecule has 1 aromatic rings. The lowest BCUT2D eigenvalue weighted by Crippen LogP contribution is -2.20. The van der Waals surface area contributed by atoms with Crippen molar-refractivity contribution in [3.05, 3.63) is 18.1 Å². The van der Waals surface area contributed by atoms with Gasteiger partial charge in [0.25, 0.3) is 0 Å². The second kappa shape index (κ2) is 4.76. The van der Waals surface area contributed by atoms with E-state index in [9.17, 15) is 5.11 Å². The number of aliphatic hydroxyl groups excluding tert-OH is 1. The fourth-order valence-electron chi connectivity index (χ4n) is 1.94. The number of hydrogen-bond acceptors (Lipinski definition) is 5. The number of aromatic nitrogens is 2. The van der Waals surface area contributed by atoms with Gasteiger partial charge in [-0.3, -0.25) is 4.98 Å². The molecule has 3 unspecified atom stereocenters. The maximum absolute atomic E-state index is 10.1. The van der Waals surface area contributed by atoms with Crippen molar-refractivity contribution in [3.63, 3.8) is 0 Å². The number of ether oxygens (including phenoxy) is 2. The lowest BCUT2D eigenvalue weighted by atomic mass is 10.1. The van der Waals surface area contributed by atoms with Crippen LogP contribution in [0.1, 0.15) is 31.6 Å². The summed E-state index contributed by atoms with van der Waals surface area (Å²) in [6.07, 6.45) is 4.09. The molecule has 0 aromatic carbocycles. The van der Waals surface area contributed by atoms with Crippen LogP contribution in [-0.2, 0) is 4.74 Å². The van der Waals surface area contributed by atoms with Crippen molar-refractivity contribution in [1.82, 2.24) is 9.97 Å². The molecule has 2 rings (SSSR count). The van der Waals surface area contributed by atoms with Crippen molar-refractivity contribution in [2.45, 2.75) is 38.1 Å². The van der Waals surface area contributed by atoms with E-state index < -0.39 is 6.10 Å². The Bertz CT molecular complexity index is 359. The molecule has 1 saturated heterocycles. The lowest BCUT2D eigenvalue weighted by Gasteiger charge is -2.18. The topological polar surface area (TPSA) is 64.5 Å². The summed E-state index contributed by atoms with van der Waals surface area (Å²) in [5.41, 5.74) is 0.448. The van der Waals surface area contributed by atoms with Gasteiger partial charge in [0.15, 0.2) is 0 Å². The molecule has 2 heterocycles. The smallest absolute Gasteiger partial charge is 0.238 e. The average molecular weight is 224 g/mol. The molecule has 1 fully saturated rings. The van der Waals surface area contributed by atoms with Crippen LogP contribution in [0.25, 0.3) is 0 Å². The molecule has 0 saturated carbocycles. The molecular weight excluding hydrogens is 208 g/mol. The van der Waals surface area contributed by atoms with Crippen molar-refractivity contribution in [2.75, 3.05) is 7.11 Å². The number of nitrogens with zero attached hydrogens (tertiary/aromatic N) is 2. The van der Waals surface area contributed by atoms with E-state index >= 15 is 0 Å². The van der Waals surface area contributed by atoms with Gasteiger partial charge in [-0.25, -0.2) is 4.98 Å². The third-order valence-corrected chi connectivity index (χ3v) is 2.78. The van der Waals surface area contributed by atoms with E-state index in [2.05, 4.69) is 9.97 Å². The zero-order chi connectivity index (χ0) is 11.5. The van der Waals surface area contributed by atoms with Crippen LogP contribution in [0.3, 0.4) is 0 Å². The highest BCUT2D eigenvalue weighted by Crippen LogP contribution is 2.31. The second-order valence-corrected chi connectivity index (χ2v) is 3.96. The molecule has 0 radical (unpaired) electrons. The molecule has 3 atom stereocenters. The monoisotopic (exact) mass is 224 g/mol. The Morgan fingerprint density at radius 1 is 1.44 bits per heavy atom. The first-order valence-corrected chi connectivity index (χ1v) is 5.40. The van der Waals surface area contributed by atoms with Crippen LogP contribution >= 0.6 is 0 Å². The van der Waals surface area contributed by atoms with Crippen LogP contribution in [-0.4, -0.2) is 34.4 Å². The first-order valence-electron chi connectivity index (χ1n) is 5.40. The summed E-state index contributed by atoms with van der Waals surface area (Å²) >= 11 is 0. The minimum absolute atomic E-state index is 0.197. The van der Waals surface area contributed by atoms with Gasteiger partial charge in [0.2, 0.25) is 5.88 Å². The molecule has 88 valence electrons. The average Bonchev–Trinajstić information content (AvgIpc) is 2.75. The summed E-state index contributed by atoms with van der Waals surface area (Å²) in [6.45, 7) is 2.00. The van der Waals surface area contributed by atoms with Crippen LogP contribution in [0, 0.1) is 0 Å². The van der Waals surface area contributed by atoms with Gasteiger partial charge in [0.1, 0.15) is 11.8 Å². The van der Waals surface area contributed by atoms with Crippen LogP contribution in [0.15, 0.2) is 12.4 Å². The molecule has 0 aliphatic carbocycles. The highest BCUT2D eigenvalue weighted by molar-refractivity contribution is 5.20. The van der Waals surface area contributed by atoms with Crippen molar-refractivity contribution in [1.29, 1.82) is 0 Å². The van der Waals surface area contributed by atoms with Crippen LogP contribution in [0.5, 0.6) is 5.88 Å². The molecule has 0 amide bonds. The molecule has 0 bridgehead atoms. The van der Waals surface area contributed by atoms with Crippen LogP contribution in [0.2, 0.25) is 0 Å². The third kappa shape index (κ3) is 2.15. The van der Waals surface area contributed by atoms with Gasteiger partial charge in [-0.05, 0) is 19.8 Å². The van der Waals surface area contributed by atoms with Crippen LogP contribution in [0.4, 0.5) is 0 Å². The van der Waals surface area contributed by atoms with E-state index in [-0.39, 0.29) is 12.2 Å². The van der Waals surface area contributed by atoms with Gasteiger partial charge in [0, 0.05) is 12.4 Å². The second-order valence-electron chi connectivity index (χ2n) is 3.96. The molecule has 1 N–H and O–H groups in total. The first-order chi connectivity index (χ1) is 7.72. The number of aliphatic hydroxyl groups is 1. The predicted molar refractivity (Wildman–Crippen MR) is 57.1 cm³/mol. The van der Waals surface area contributed by atoms with Crippen molar-refractivity contribution in [2.24, 2.45) is 0 Å². The summed E-state index contributed by atoms with van der Waals surface area (Å²) in [7, 11) is 1.51. The Hall–Kier alpha value is -1.20. The lowest BCUT2D eigenvalue weighted by molar-refractivity contribution is -0.0325. The SMILES string of the molecule is COc1nccnc1C(O)C1CCC(C)O1. The maximum Gasteiger partial charge on any atom is 0.238 e. The van der Waals surface area contributed by atoms with Crippen molar-refractivity contribution < 1.29 is 14.6 Å². The van der Waals surface area contributed by atoms with E-state index in [1.54, 1.807) is 6.20 Å². The normalized spacial score (nSPS) is 26.7. The molecule has 16 heavy (non-hydrogen) atoms. The Kier molecular flexibility index (Phi) is 3.36. The zero-order valence-corrected chi connectivity index (χ0v) is 9.46. The summed E-state index contributed by atoms with van der Waals surface area (Å²) in [5.74, 6) is 0.359. The highest BCUT2D eigenvalue weighted by Gasteiger charge is 2.32.